The van der Waals surface area contributed by atoms with Crippen molar-refractivity contribution >= 4 is 29.3 Å². The molecule has 0 saturated carbocycles. The van der Waals surface area contributed by atoms with E-state index in [-0.39, 0.29) is 17.6 Å². The Balaban J connectivity index is 1.75. The summed E-state index contributed by atoms with van der Waals surface area (Å²) in [6.45, 7) is 3.87. The highest BCUT2D eigenvalue weighted by Gasteiger charge is 2.28. The molecule has 1 atom stereocenters. The molecule has 0 radical (unpaired) electrons. The fraction of sp³-hybridized carbons (Fsp3) is 0.364. The number of hydrogen-bond acceptors (Lipinski definition) is 4. The van der Waals surface area contributed by atoms with E-state index in [9.17, 15) is 9.59 Å². The van der Waals surface area contributed by atoms with Gasteiger partial charge in [0.2, 0.25) is 5.91 Å². The van der Waals surface area contributed by atoms with Gasteiger partial charge in [0, 0.05) is 30.8 Å². The number of thioether (sulfide) groups is 1. The summed E-state index contributed by atoms with van der Waals surface area (Å²) < 4.78 is 4.94. The molecule has 6 heteroatoms. The molecule has 1 aliphatic heterocycles. The Morgan fingerprint density at radius 1 is 1.18 bits per heavy atom. The fourth-order valence-electron chi connectivity index (χ4n) is 3.36. The number of carbonyl (C=O) groups excluding carboxylic acids is 2. The van der Waals surface area contributed by atoms with Crippen molar-refractivity contribution in [2.45, 2.75) is 24.2 Å². The lowest BCUT2D eigenvalue weighted by molar-refractivity contribution is -0.118. The zero-order valence-electron chi connectivity index (χ0n) is 16.3. The average Bonchev–Trinajstić information content (AvgIpc) is 2.73. The van der Waals surface area contributed by atoms with Gasteiger partial charge in [-0.1, -0.05) is 37.3 Å². The predicted octanol–water partition coefficient (Wildman–Crippen LogP) is 3.70. The second-order valence-electron chi connectivity index (χ2n) is 6.83. The highest BCUT2D eigenvalue weighted by atomic mass is 32.2. The number of nitrogens with zero attached hydrogens (tertiary/aromatic N) is 1. The summed E-state index contributed by atoms with van der Waals surface area (Å²) in [4.78, 5) is 28.0. The molecule has 28 heavy (non-hydrogen) atoms. The van der Waals surface area contributed by atoms with Crippen molar-refractivity contribution in [3.8, 4) is 0 Å². The number of hydrogen-bond donors (Lipinski definition) is 1. The number of amides is 2. The van der Waals surface area contributed by atoms with Gasteiger partial charge in [-0.25, -0.2) is 0 Å². The number of nitrogens with one attached hydrogen (secondary N) is 1. The van der Waals surface area contributed by atoms with Crippen molar-refractivity contribution in [2.75, 3.05) is 37.5 Å². The van der Waals surface area contributed by atoms with Gasteiger partial charge in [-0.2, -0.15) is 0 Å². The van der Waals surface area contributed by atoms with E-state index in [1.807, 2.05) is 47.4 Å². The average molecular weight is 399 g/mol. The zero-order valence-corrected chi connectivity index (χ0v) is 17.1. The van der Waals surface area contributed by atoms with Crippen LogP contribution in [-0.4, -0.2) is 44.4 Å². The Bertz CT molecular complexity index is 840. The first-order valence-corrected chi connectivity index (χ1v) is 10.5. The Morgan fingerprint density at radius 3 is 2.75 bits per heavy atom. The van der Waals surface area contributed by atoms with Gasteiger partial charge in [0.1, 0.15) is 0 Å². The molecule has 0 aromatic heterocycles. The van der Waals surface area contributed by atoms with Crippen LogP contribution in [0.1, 0.15) is 35.2 Å². The van der Waals surface area contributed by atoms with Crippen molar-refractivity contribution in [3.63, 3.8) is 0 Å². The van der Waals surface area contributed by atoms with E-state index in [0.717, 1.165) is 17.0 Å². The first-order valence-electron chi connectivity index (χ1n) is 9.50. The van der Waals surface area contributed by atoms with Crippen LogP contribution in [0.5, 0.6) is 0 Å². The highest BCUT2D eigenvalue weighted by molar-refractivity contribution is 8.00. The second kappa shape index (κ2) is 9.75. The number of ether oxygens (including phenoxy) is 1. The number of fused-ring (bicyclic) bond motifs is 1. The number of para-hydroxylation sites is 1. The maximum Gasteiger partial charge on any atom is 0.259 e. The maximum absolute atomic E-state index is 13.3. The topological polar surface area (TPSA) is 58.6 Å². The summed E-state index contributed by atoms with van der Waals surface area (Å²) in [7, 11) is 1.60. The van der Waals surface area contributed by atoms with Crippen LogP contribution in [0, 0.1) is 0 Å². The zero-order chi connectivity index (χ0) is 19.9. The monoisotopic (exact) mass is 398 g/mol. The smallest absolute Gasteiger partial charge is 0.259 e. The lowest BCUT2D eigenvalue weighted by Crippen LogP contribution is -2.36. The quantitative estimate of drug-likeness (QED) is 0.571. The Kier molecular flexibility index (Phi) is 7.12. The minimum absolute atomic E-state index is 0.0118. The minimum atomic E-state index is -0.0681. The van der Waals surface area contributed by atoms with Crippen LogP contribution in [0.4, 0.5) is 5.69 Å². The van der Waals surface area contributed by atoms with Gasteiger partial charge < -0.3 is 15.0 Å². The lowest BCUT2D eigenvalue weighted by atomic mass is 9.91. The molecule has 1 N–H and O–H groups in total. The molecule has 0 bridgehead atoms. The predicted molar refractivity (Wildman–Crippen MR) is 113 cm³/mol. The van der Waals surface area contributed by atoms with Crippen LogP contribution in [-0.2, 0) is 9.53 Å². The molecule has 148 valence electrons. The molecule has 1 aliphatic rings. The first-order chi connectivity index (χ1) is 13.6. The summed E-state index contributed by atoms with van der Waals surface area (Å²) in [6.07, 6.45) is 0.944. The maximum atomic E-state index is 13.3. The van der Waals surface area contributed by atoms with E-state index in [2.05, 4.69) is 18.3 Å². The van der Waals surface area contributed by atoms with Crippen molar-refractivity contribution in [2.24, 2.45) is 0 Å². The largest absolute Gasteiger partial charge is 0.383 e. The molecule has 1 unspecified atom stereocenters. The molecule has 3 rings (SSSR count). The van der Waals surface area contributed by atoms with E-state index >= 15 is 0 Å². The third kappa shape index (κ3) is 4.75. The van der Waals surface area contributed by atoms with Crippen LogP contribution in [0.3, 0.4) is 0 Å². The summed E-state index contributed by atoms with van der Waals surface area (Å²) in [6, 6.07) is 15.6. The summed E-state index contributed by atoms with van der Waals surface area (Å²) in [5.41, 5.74) is 2.84. The van der Waals surface area contributed by atoms with Gasteiger partial charge in [-0.05, 0) is 36.1 Å². The third-order valence-electron chi connectivity index (χ3n) is 4.89. The number of benzene rings is 2. The van der Waals surface area contributed by atoms with E-state index < -0.39 is 0 Å². The van der Waals surface area contributed by atoms with Crippen molar-refractivity contribution < 1.29 is 14.3 Å². The van der Waals surface area contributed by atoms with Crippen LogP contribution >= 0.6 is 11.8 Å². The molecule has 1 heterocycles. The minimum Gasteiger partial charge on any atom is -0.383 e. The summed E-state index contributed by atoms with van der Waals surface area (Å²) in [5, 5.41) is 2.80. The van der Waals surface area contributed by atoms with Crippen LogP contribution in [0.25, 0.3) is 0 Å². The second-order valence-corrected chi connectivity index (χ2v) is 7.85. The van der Waals surface area contributed by atoms with Crippen LogP contribution in [0.2, 0.25) is 0 Å². The molecule has 0 saturated heterocycles. The Hall–Kier alpha value is -2.31. The van der Waals surface area contributed by atoms with Gasteiger partial charge in [0.15, 0.2) is 0 Å². The van der Waals surface area contributed by atoms with E-state index in [0.29, 0.717) is 31.2 Å². The lowest BCUT2D eigenvalue weighted by Gasteiger charge is -2.33. The van der Waals surface area contributed by atoms with Crippen LogP contribution in [0.15, 0.2) is 53.4 Å². The molecule has 0 spiro atoms. The number of carbonyl (C=O) groups is 2. The molecule has 2 aromatic carbocycles. The molecule has 5 nitrogen and oxygen atoms in total. The summed E-state index contributed by atoms with van der Waals surface area (Å²) in [5.74, 6) is 0.631. The van der Waals surface area contributed by atoms with Gasteiger partial charge in [-0.15, -0.1) is 11.8 Å². The normalized spacial score (nSPS) is 15.8. The van der Waals surface area contributed by atoms with E-state index in [1.54, 1.807) is 7.11 Å². The molecule has 2 amide bonds. The van der Waals surface area contributed by atoms with Crippen molar-refractivity contribution in [1.82, 2.24) is 5.32 Å². The number of rotatable bonds is 7. The van der Waals surface area contributed by atoms with Crippen molar-refractivity contribution in [3.05, 3.63) is 59.7 Å². The highest BCUT2D eigenvalue weighted by Crippen LogP contribution is 2.36. The molecular weight excluding hydrogens is 372 g/mol. The molecular formula is C22H26N2O3S. The van der Waals surface area contributed by atoms with E-state index in [4.69, 9.17) is 4.74 Å². The van der Waals surface area contributed by atoms with Gasteiger partial charge in [0.05, 0.1) is 17.9 Å². The first kappa shape index (κ1) is 20.4. The van der Waals surface area contributed by atoms with Crippen LogP contribution < -0.4 is 10.2 Å². The molecule has 0 aliphatic carbocycles. The fourth-order valence-corrected chi connectivity index (χ4v) is 4.24. The SMILES string of the molecule is COCCNC(=O)CSc1ccccc1C(=O)N1CCC(C)c2ccccc21. The molecule has 0 fully saturated rings. The van der Waals surface area contributed by atoms with Gasteiger partial charge in [0.25, 0.3) is 5.91 Å². The molecule has 2 aromatic rings. The number of anilines is 1. The summed E-state index contributed by atoms with van der Waals surface area (Å²) >= 11 is 1.39. The van der Waals surface area contributed by atoms with E-state index in [1.165, 1.54) is 17.3 Å². The van der Waals surface area contributed by atoms with Gasteiger partial charge in [-0.3, -0.25) is 9.59 Å². The van der Waals surface area contributed by atoms with Crippen molar-refractivity contribution in [1.29, 1.82) is 0 Å². The number of methoxy groups -OCH3 is 1. The standard InChI is InChI=1S/C22H26N2O3S/c1-16-11-13-24(19-9-5-3-7-17(16)19)22(26)18-8-4-6-10-20(18)28-15-21(25)23-12-14-27-2/h3-10,16H,11-15H2,1-2H3,(H,23,25). The van der Waals surface area contributed by atoms with Gasteiger partial charge >= 0.3 is 0 Å². The third-order valence-corrected chi connectivity index (χ3v) is 5.97. The Morgan fingerprint density at radius 2 is 1.93 bits per heavy atom. The Labute approximate surface area is 170 Å².